The number of fused-ring (bicyclic) bond motifs is 13. The van der Waals surface area contributed by atoms with Crippen molar-refractivity contribution in [2.24, 2.45) is 0 Å². The molecule has 514 valence electrons. The summed E-state index contributed by atoms with van der Waals surface area (Å²) in [4.78, 5) is 5.13. The molecule has 0 aliphatic carbocycles. The lowest BCUT2D eigenvalue weighted by Gasteiger charge is -2.46. The highest BCUT2D eigenvalue weighted by atomic mass is 15.2. The fraction of sp³-hybridized carbons (Fsp3) is 0.247. The molecule has 7 heteroatoms. The Hall–Kier alpha value is -10.8. The van der Waals surface area contributed by atoms with Crippen LogP contribution >= 0.6 is 0 Å². The second-order valence-electron chi connectivity index (χ2n) is 35.9. The molecule has 0 saturated heterocycles. The highest BCUT2D eigenvalue weighted by Crippen LogP contribution is 2.52. The minimum atomic E-state index is -0.342. The Morgan fingerprint density at radius 2 is 0.635 bits per heavy atom. The molecule has 0 spiro atoms. The molecule has 104 heavy (non-hydrogen) atoms. The molecule has 2 aliphatic rings. The third-order valence-electron chi connectivity index (χ3n) is 22.8. The van der Waals surface area contributed by atoms with Crippen LogP contribution in [-0.2, 0) is 32.5 Å². The van der Waals surface area contributed by atoms with Crippen LogP contribution in [0.4, 0.5) is 34.1 Å². The van der Waals surface area contributed by atoms with Crippen molar-refractivity contribution < 1.29 is 0 Å². The second-order valence-corrected chi connectivity index (χ2v) is 35.9. The van der Waals surface area contributed by atoms with E-state index in [2.05, 4.69) is 391 Å². The molecule has 15 aromatic rings. The first kappa shape index (κ1) is 66.4. The number of nitrogens with zero attached hydrogens (tertiary/aromatic N) is 6. The standard InChI is InChI=1S/C97H93BN6/c1-92(2,3)60-35-44-82(70(49-60)59-27-20-19-21-28-59)104-88-57-67(101-85-47-38-63(95(10,11)12)52-73(85)74-53-64(96(13,14)15)39-48-86(74)101)41-43-77(88)98-76-42-40-66(100-83-45-36-61(93(4,5)6)50-71(83)72-51-62(94(7,8)9)37-46-84(72)100)56-87(76)103(89-54-65(97(16,17)18)55-90(104)91(89)98)81-34-26-33-80(75(81)58-99)102-78-31-24-22-29-68(78)69-30-23-25-32-79(69)102/h19-57H,1-18H3. The Morgan fingerprint density at radius 3 is 1.05 bits per heavy atom. The van der Waals surface area contributed by atoms with E-state index in [1.165, 1.54) is 76.9 Å². The quantitative estimate of drug-likeness (QED) is 0.156. The lowest BCUT2D eigenvalue weighted by molar-refractivity contribution is 0.590. The van der Waals surface area contributed by atoms with Crippen LogP contribution in [-0.4, -0.2) is 20.4 Å². The lowest BCUT2D eigenvalue weighted by atomic mass is 9.33. The van der Waals surface area contributed by atoms with Crippen LogP contribution in [0.15, 0.2) is 237 Å². The van der Waals surface area contributed by atoms with E-state index in [4.69, 9.17) is 0 Å². The topological polar surface area (TPSA) is 45.1 Å². The van der Waals surface area contributed by atoms with Crippen molar-refractivity contribution in [1.29, 1.82) is 5.26 Å². The van der Waals surface area contributed by atoms with Crippen LogP contribution in [0, 0.1) is 11.3 Å². The first-order valence-corrected chi connectivity index (χ1v) is 37.3. The molecule has 0 bridgehead atoms. The van der Waals surface area contributed by atoms with Gasteiger partial charge in [-0.15, -0.1) is 0 Å². The van der Waals surface area contributed by atoms with Crippen molar-refractivity contribution in [3.63, 3.8) is 0 Å². The smallest absolute Gasteiger partial charge is 0.252 e. The number of benzene rings is 12. The predicted molar refractivity (Wildman–Crippen MR) is 446 cm³/mol. The van der Waals surface area contributed by atoms with Crippen LogP contribution in [0.25, 0.3) is 93.6 Å². The second kappa shape index (κ2) is 23.1. The SMILES string of the molecule is CC(C)(C)c1ccc(N2c3cc(-n4c5ccc(C(C)(C)C)cc5c5cc(C(C)(C)C)ccc54)ccc3B3c4ccc(-n5c6ccc(C(C)(C)C)cc6c6cc(C(C)(C)C)ccc65)cc4N(c4cccc(-n5c6ccccc6c6ccccc65)c4C#N)c4cc(C(C)(C)C)cc2c43)c(-c2ccccc2)c1. The molecule has 3 aromatic heterocycles. The van der Waals surface area contributed by atoms with E-state index < -0.39 is 0 Å². The maximum Gasteiger partial charge on any atom is 0.252 e. The summed E-state index contributed by atoms with van der Waals surface area (Å²) < 4.78 is 7.36. The number of nitriles is 1. The third-order valence-corrected chi connectivity index (χ3v) is 22.8. The van der Waals surface area contributed by atoms with Gasteiger partial charge in [0.15, 0.2) is 0 Å². The third kappa shape index (κ3) is 10.5. The normalized spacial score (nSPS) is 13.6. The summed E-state index contributed by atoms with van der Waals surface area (Å²) in [5.74, 6) is 0. The van der Waals surface area contributed by atoms with Gasteiger partial charge in [-0.05, 0) is 209 Å². The van der Waals surface area contributed by atoms with Gasteiger partial charge < -0.3 is 23.5 Å². The van der Waals surface area contributed by atoms with Gasteiger partial charge in [-0.3, -0.25) is 0 Å². The van der Waals surface area contributed by atoms with Gasteiger partial charge in [0.1, 0.15) is 11.6 Å². The fourth-order valence-electron chi connectivity index (χ4n) is 16.9. The van der Waals surface area contributed by atoms with E-state index in [0.717, 1.165) is 101 Å². The van der Waals surface area contributed by atoms with Gasteiger partial charge in [-0.2, -0.15) is 5.26 Å². The van der Waals surface area contributed by atoms with Crippen molar-refractivity contribution >= 4 is 123 Å². The molecule has 0 N–H and O–H groups in total. The first-order chi connectivity index (χ1) is 49.3. The van der Waals surface area contributed by atoms with Crippen LogP contribution in [0.3, 0.4) is 0 Å². The van der Waals surface area contributed by atoms with E-state index in [-0.39, 0.29) is 39.2 Å². The van der Waals surface area contributed by atoms with E-state index in [9.17, 15) is 5.26 Å². The Morgan fingerprint density at radius 1 is 0.269 bits per heavy atom. The molecule has 0 radical (unpaired) electrons. The number of hydrogen-bond donors (Lipinski definition) is 0. The highest BCUT2D eigenvalue weighted by Gasteiger charge is 2.46. The van der Waals surface area contributed by atoms with Gasteiger partial charge in [-0.1, -0.05) is 240 Å². The molecule has 12 aromatic carbocycles. The summed E-state index contributed by atoms with van der Waals surface area (Å²) in [7, 11) is 0. The van der Waals surface area contributed by atoms with Crippen molar-refractivity contribution in [3.8, 4) is 34.3 Å². The largest absolute Gasteiger partial charge is 0.311 e. The minimum Gasteiger partial charge on any atom is -0.311 e. The van der Waals surface area contributed by atoms with E-state index in [1.807, 2.05) is 0 Å². The molecule has 0 atom stereocenters. The molecular weight excluding hydrogens is 1260 g/mol. The molecule has 6 nitrogen and oxygen atoms in total. The van der Waals surface area contributed by atoms with Gasteiger partial charge >= 0.3 is 0 Å². The number of aromatic nitrogens is 3. The molecule has 17 rings (SSSR count). The van der Waals surface area contributed by atoms with Gasteiger partial charge in [0, 0.05) is 72.0 Å². The Labute approximate surface area is 614 Å². The van der Waals surface area contributed by atoms with Gasteiger partial charge in [-0.25, -0.2) is 0 Å². The monoisotopic (exact) mass is 1350 g/mol. The number of anilines is 6. The molecule has 5 heterocycles. The molecule has 0 amide bonds. The van der Waals surface area contributed by atoms with Crippen molar-refractivity contribution in [3.05, 3.63) is 276 Å². The molecule has 0 fully saturated rings. The average Bonchev–Trinajstić information content (AvgIpc) is 0.806. The molecule has 2 aliphatic heterocycles. The Bertz CT molecular complexity index is 5940. The average molecular weight is 1350 g/mol. The first-order valence-electron chi connectivity index (χ1n) is 37.3. The highest BCUT2D eigenvalue weighted by molar-refractivity contribution is 7.00. The number of hydrogen-bond acceptors (Lipinski definition) is 3. The Kier molecular flexibility index (Phi) is 14.8. The predicted octanol–water partition coefficient (Wildman–Crippen LogP) is 24.4. The Balaban J connectivity index is 1.01. The maximum absolute atomic E-state index is 12.4. The van der Waals surface area contributed by atoms with Crippen LogP contribution < -0.4 is 26.2 Å². The summed E-state index contributed by atoms with van der Waals surface area (Å²) in [5, 5.41) is 19.7. The number of rotatable bonds is 6. The van der Waals surface area contributed by atoms with Crippen molar-refractivity contribution in [2.75, 3.05) is 9.80 Å². The minimum absolute atomic E-state index is 0.0541. The van der Waals surface area contributed by atoms with Gasteiger partial charge in [0.25, 0.3) is 6.71 Å². The zero-order chi connectivity index (χ0) is 72.8. The van der Waals surface area contributed by atoms with Crippen molar-refractivity contribution in [2.45, 2.75) is 157 Å². The zero-order valence-electron chi connectivity index (χ0n) is 63.8. The lowest BCUT2D eigenvalue weighted by Crippen LogP contribution is -2.61. The molecule has 0 saturated carbocycles. The fourth-order valence-corrected chi connectivity index (χ4v) is 16.9. The number of para-hydroxylation sites is 2. The van der Waals surface area contributed by atoms with Crippen LogP contribution in [0.2, 0.25) is 0 Å². The molecular formula is C97H93BN6. The van der Waals surface area contributed by atoms with E-state index in [1.54, 1.807) is 0 Å². The zero-order valence-corrected chi connectivity index (χ0v) is 63.8. The molecule has 0 unspecified atom stereocenters. The van der Waals surface area contributed by atoms with Crippen LogP contribution in [0.1, 0.15) is 164 Å². The summed E-state index contributed by atoms with van der Waals surface area (Å²) >= 11 is 0. The van der Waals surface area contributed by atoms with E-state index >= 15 is 0 Å². The summed E-state index contributed by atoms with van der Waals surface area (Å²) in [6.07, 6.45) is 0. The summed E-state index contributed by atoms with van der Waals surface area (Å²) in [5.41, 5.74) is 29.3. The summed E-state index contributed by atoms with van der Waals surface area (Å²) in [6, 6.07) is 93.3. The van der Waals surface area contributed by atoms with E-state index in [0.29, 0.717) is 5.56 Å². The maximum atomic E-state index is 12.4. The van der Waals surface area contributed by atoms with Crippen molar-refractivity contribution in [1.82, 2.24) is 13.7 Å². The van der Waals surface area contributed by atoms with Gasteiger partial charge in [0.05, 0.1) is 50.2 Å². The van der Waals surface area contributed by atoms with Crippen LogP contribution in [0.5, 0.6) is 0 Å². The summed E-state index contributed by atoms with van der Waals surface area (Å²) in [6.45, 7) is 41.6. The van der Waals surface area contributed by atoms with Gasteiger partial charge in [0.2, 0.25) is 0 Å².